The summed E-state index contributed by atoms with van der Waals surface area (Å²) in [7, 11) is -2.27. The van der Waals surface area contributed by atoms with Gasteiger partial charge in [-0.2, -0.15) is 4.31 Å². The van der Waals surface area contributed by atoms with E-state index in [4.69, 9.17) is 14.0 Å². The van der Waals surface area contributed by atoms with Crippen molar-refractivity contribution in [1.82, 2.24) is 9.46 Å². The molecule has 0 aliphatic carbocycles. The second kappa shape index (κ2) is 10.5. The molecule has 1 amide bonds. The van der Waals surface area contributed by atoms with E-state index in [2.05, 4.69) is 10.5 Å². The molecule has 3 rings (SSSR count). The first kappa shape index (κ1) is 24.3. The fraction of sp³-hybridized carbons (Fsp3) is 0.304. The van der Waals surface area contributed by atoms with Crippen LogP contribution < -0.4 is 14.8 Å². The molecule has 0 aliphatic rings. The molecule has 10 heteroatoms. The lowest BCUT2D eigenvalue weighted by Gasteiger charge is -2.21. The van der Waals surface area contributed by atoms with Crippen molar-refractivity contribution in [3.63, 3.8) is 0 Å². The molecule has 0 atom stereocenters. The predicted molar refractivity (Wildman–Crippen MR) is 124 cm³/mol. The average Bonchev–Trinajstić information content (AvgIpc) is 3.31. The van der Waals surface area contributed by atoms with E-state index in [9.17, 15) is 13.2 Å². The minimum atomic E-state index is -3.81. The first-order valence-corrected chi connectivity index (χ1v) is 12.0. The van der Waals surface area contributed by atoms with Gasteiger partial charge in [-0.15, -0.1) is 0 Å². The third-order valence-corrected chi connectivity index (χ3v) is 7.01. The Hall–Kier alpha value is -3.37. The molecule has 0 spiro atoms. The third kappa shape index (κ3) is 5.18. The number of rotatable bonds is 10. The average molecular weight is 474 g/mol. The van der Waals surface area contributed by atoms with Crippen molar-refractivity contribution in [3.8, 4) is 22.8 Å². The molecule has 0 bridgehead atoms. The van der Waals surface area contributed by atoms with Crippen LogP contribution in [-0.4, -0.2) is 50.6 Å². The minimum Gasteiger partial charge on any atom is -0.496 e. The maximum Gasteiger partial charge on any atom is 0.277 e. The summed E-state index contributed by atoms with van der Waals surface area (Å²) >= 11 is 0. The Morgan fingerprint density at radius 1 is 1.06 bits per heavy atom. The highest BCUT2D eigenvalue weighted by atomic mass is 32.2. The van der Waals surface area contributed by atoms with E-state index in [0.717, 1.165) is 0 Å². The van der Waals surface area contributed by atoms with Crippen molar-refractivity contribution in [1.29, 1.82) is 0 Å². The molecule has 2 aromatic carbocycles. The number of ether oxygens (including phenoxy) is 2. The van der Waals surface area contributed by atoms with Crippen LogP contribution in [0.3, 0.4) is 0 Å². The largest absolute Gasteiger partial charge is 0.496 e. The Morgan fingerprint density at radius 3 is 2.45 bits per heavy atom. The van der Waals surface area contributed by atoms with Crippen LogP contribution in [0.25, 0.3) is 11.3 Å². The summed E-state index contributed by atoms with van der Waals surface area (Å²) in [5.41, 5.74) is 0.981. The van der Waals surface area contributed by atoms with Crippen LogP contribution in [0.4, 0.5) is 5.69 Å². The normalized spacial score (nSPS) is 11.4. The minimum absolute atomic E-state index is 0.0132. The van der Waals surface area contributed by atoms with Gasteiger partial charge in [-0.05, 0) is 37.3 Å². The Morgan fingerprint density at radius 2 is 1.79 bits per heavy atom. The summed E-state index contributed by atoms with van der Waals surface area (Å²) in [4.78, 5) is 12.8. The molecule has 3 aromatic rings. The molecule has 0 fully saturated rings. The van der Waals surface area contributed by atoms with Gasteiger partial charge in [0, 0.05) is 24.8 Å². The molecule has 33 heavy (non-hydrogen) atoms. The zero-order chi connectivity index (χ0) is 24.0. The van der Waals surface area contributed by atoms with E-state index in [1.54, 1.807) is 46.1 Å². The van der Waals surface area contributed by atoms with Crippen LogP contribution in [0.2, 0.25) is 0 Å². The number of aromatic nitrogens is 1. The van der Waals surface area contributed by atoms with Crippen LogP contribution in [-0.2, 0) is 10.0 Å². The lowest BCUT2D eigenvalue weighted by Crippen LogP contribution is -2.31. The Labute approximate surface area is 193 Å². The number of nitrogens with one attached hydrogen (secondary N) is 1. The SMILES string of the molecule is CCOc1ccc(NC(=O)c2cc(-c3ccccc3OC)on2)cc1S(=O)(=O)N(CC)CC. The number of anilines is 1. The number of para-hydroxylation sites is 1. The molecular formula is C23H27N3O6S. The summed E-state index contributed by atoms with van der Waals surface area (Å²) < 4.78 is 43.7. The van der Waals surface area contributed by atoms with Gasteiger partial charge in [0.05, 0.1) is 19.3 Å². The van der Waals surface area contributed by atoms with E-state index in [1.165, 1.54) is 22.5 Å². The molecule has 176 valence electrons. The molecule has 1 heterocycles. The maximum atomic E-state index is 13.1. The monoisotopic (exact) mass is 473 g/mol. The van der Waals surface area contributed by atoms with Gasteiger partial charge >= 0.3 is 0 Å². The number of amides is 1. The van der Waals surface area contributed by atoms with Crippen LogP contribution >= 0.6 is 0 Å². The second-order valence-corrected chi connectivity index (χ2v) is 8.82. The zero-order valence-corrected chi connectivity index (χ0v) is 19.8. The fourth-order valence-corrected chi connectivity index (χ4v) is 4.93. The number of carbonyl (C=O) groups is 1. The van der Waals surface area contributed by atoms with Gasteiger partial charge in [0.15, 0.2) is 11.5 Å². The highest BCUT2D eigenvalue weighted by molar-refractivity contribution is 7.89. The molecule has 0 saturated carbocycles. The quantitative estimate of drug-likeness (QED) is 0.473. The molecule has 9 nitrogen and oxygen atoms in total. The van der Waals surface area contributed by atoms with Crippen LogP contribution in [0.15, 0.2) is 57.9 Å². The van der Waals surface area contributed by atoms with Crippen molar-refractivity contribution in [2.45, 2.75) is 25.7 Å². The highest BCUT2D eigenvalue weighted by Gasteiger charge is 2.26. The molecule has 0 saturated heterocycles. The van der Waals surface area contributed by atoms with Crippen LogP contribution in [0.1, 0.15) is 31.3 Å². The third-order valence-electron chi connectivity index (χ3n) is 4.94. The van der Waals surface area contributed by atoms with Gasteiger partial charge in [-0.3, -0.25) is 4.79 Å². The van der Waals surface area contributed by atoms with Crippen molar-refractivity contribution in [2.24, 2.45) is 0 Å². The van der Waals surface area contributed by atoms with E-state index < -0.39 is 15.9 Å². The summed E-state index contributed by atoms with van der Waals surface area (Å²) in [5, 5.41) is 6.52. The van der Waals surface area contributed by atoms with Gasteiger partial charge < -0.3 is 19.3 Å². The van der Waals surface area contributed by atoms with Crippen LogP contribution in [0, 0.1) is 0 Å². The molecule has 0 radical (unpaired) electrons. The van der Waals surface area contributed by atoms with E-state index >= 15 is 0 Å². The number of benzene rings is 2. The highest BCUT2D eigenvalue weighted by Crippen LogP contribution is 2.32. The van der Waals surface area contributed by atoms with E-state index in [-0.39, 0.29) is 22.0 Å². The first-order valence-electron chi connectivity index (χ1n) is 10.5. The molecule has 1 aromatic heterocycles. The van der Waals surface area contributed by atoms with Gasteiger partial charge in [-0.25, -0.2) is 8.42 Å². The number of nitrogens with zero attached hydrogens (tertiary/aromatic N) is 2. The van der Waals surface area contributed by atoms with E-state index in [1.807, 2.05) is 12.1 Å². The molecule has 1 N–H and O–H groups in total. The van der Waals surface area contributed by atoms with Crippen molar-refractivity contribution in [2.75, 3.05) is 32.1 Å². The Kier molecular flexibility index (Phi) is 7.72. The topological polar surface area (TPSA) is 111 Å². The second-order valence-electron chi connectivity index (χ2n) is 6.91. The Bertz CT molecular complexity index is 1220. The smallest absolute Gasteiger partial charge is 0.277 e. The molecular weight excluding hydrogens is 446 g/mol. The lowest BCUT2D eigenvalue weighted by atomic mass is 10.1. The van der Waals surface area contributed by atoms with Gasteiger partial charge in [0.2, 0.25) is 10.0 Å². The lowest BCUT2D eigenvalue weighted by molar-refractivity contribution is 0.101. The summed E-state index contributed by atoms with van der Waals surface area (Å²) in [6.45, 7) is 6.22. The maximum absolute atomic E-state index is 13.1. The summed E-state index contributed by atoms with van der Waals surface area (Å²) in [6, 6.07) is 13.2. The van der Waals surface area contributed by atoms with Crippen molar-refractivity contribution in [3.05, 3.63) is 54.2 Å². The number of hydrogen-bond donors (Lipinski definition) is 1. The predicted octanol–water partition coefficient (Wildman–Crippen LogP) is 4.03. The van der Waals surface area contributed by atoms with E-state index in [0.29, 0.717) is 36.8 Å². The standard InChI is InChI=1S/C23H27N3O6S/c1-5-26(6-2)33(28,29)22-14-16(12-13-20(22)31-7-3)24-23(27)18-15-21(32-25-18)17-10-8-9-11-19(17)30-4/h8-15H,5-7H2,1-4H3,(H,24,27). The number of methoxy groups -OCH3 is 1. The van der Waals surface area contributed by atoms with Crippen molar-refractivity contribution >= 4 is 21.6 Å². The van der Waals surface area contributed by atoms with Gasteiger partial charge in [0.25, 0.3) is 5.91 Å². The van der Waals surface area contributed by atoms with Gasteiger partial charge in [0.1, 0.15) is 16.4 Å². The zero-order valence-electron chi connectivity index (χ0n) is 19.0. The summed E-state index contributed by atoms with van der Waals surface area (Å²) in [5.74, 6) is 0.630. The Balaban J connectivity index is 1.90. The molecule has 0 aliphatic heterocycles. The number of hydrogen-bond acceptors (Lipinski definition) is 7. The number of carbonyl (C=O) groups excluding carboxylic acids is 1. The summed E-state index contributed by atoms with van der Waals surface area (Å²) in [6.07, 6.45) is 0. The fourth-order valence-electron chi connectivity index (χ4n) is 3.32. The number of sulfonamides is 1. The van der Waals surface area contributed by atoms with Gasteiger partial charge in [-0.1, -0.05) is 31.1 Å². The first-order chi connectivity index (χ1) is 15.8. The van der Waals surface area contributed by atoms with Crippen molar-refractivity contribution < 1.29 is 27.2 Å². The molecule has 0 unspecified atom stereocenters. The van der Waals surface area contributed by atoms with Crippen LogP contribution in [0.5, 0.6) is 11.5 Å².